The maximum atomic E-state index is 9.68. The van der Waals surface area contributed by atoms with E-state index in [1.54, 1.807) is 12.1 Å². The van der Waals surface area contributed by atoms with Crippen LogP contribution in [-0.2, 0) is 5.41 Å². The Labute approximate surface area is 114 Å². The van der Waals surface area contributed by atoms with Gasteiger partial charge in [0.1, 0.15) is 0 Å². The number of aliphatic hydroxyl groups is 2. The smallest absolute Gasteiger partial charge is 0.396 e. The number of benzene rings is 1. The minimum absolute atomic E-state index is 0.000404. The lowest BCUT2D eigenvalue weighted by atomic mass is 9.87. The highest BCUT2D eigenvalue weighted by atomic mass is 31.2. The van der Waals surface area contributed by atoms with E-state index in [1.165, 1.54) is 0 Å². The summed E-state index contributed by atoms with van der Waals surface area (Å²) in [6.45, 7) is 5.88. The standard InChI is InChI=1S/C13H22O5P/c1-13(2,3)10-4-6-11(7-5-10)18-19(16,17)12(15)8-9-14/h4-7,12,14-17H,8-9H2,1-3H3/q+1. The first-order chi connectivity index (χ1) is 8.66. The average molecular weight is 289 g/mol. The molecule has 0 fully saturated rings. The van der Waals surface area contributed by atoms with Gasteiger partial charge < -0.3 is 10.2 Å². The molecule has 0 spiro atoms. The molecule has 1 aromatic carbocycles. The fraction of sp³-hybridized carbons (Fsp3) is 0.538. The molecule has 0 aliphatic rings. The fourth-order valence-electron chi connectivity index (χ4n) is 1.52. The molecular weight excluding hydrogens is 267 g/mol. The van der Waals surface area contributed by atoms with Crippen molar-refractivity contribution < 1.29 is 24.5 Å². The molecule has 0 saturated heterocycles. The minimum Gasteiger partial charge on any atom is -0.396 e. The van der Waals surface area contributed by atoms with Gasteiger partial charge in [0.15, 0.2) is 5.75 Å². The lowest BCUT2D eigenvalue weighted by molar-refractivity contribution is 0.150. The molecule has 19 heavy (non-hydrogen) atoms. The van der Waals surface area contributed by atoms with Crippen molar-refractivity contribution in [3.05, 3.63) is 29.8 Å². The van der Waals surface area contributed by atoms with Crippen LogP contribution < -0.4 is 4.52 Å². The van der Waals surface area contributed by atoms with Gasteiger partial charge in [0.05, 0.1) is 0 Å². The third-order valence-electron chi connectivity index (χ3n) is 2.74. The summed E-state index contributed by atoms with van der Waals surface area (Å²) in [4.78, 5) is 19.4. The highest BCUT2D eigenvalue weighted by molar-refractivity contribution is 7.60. The van der Waals surface area contributed by atoms with Crippen LogP contribution in [0.3, 0.4) is 0 Å². The number of hydrogen-bond donors (Lipinski definition) is 4. The summed E-state index contributed by atoms with van der Waals surface area (Å²) in [5.41, 5.74) is 1.09. The van der Waals surface area contributed by atoms with Gasteiger partial charge in [-0.25, -0.2) is 0 Å². The van der Waals surface area contributed by atoms with Crippen LogP contribution in [0.4, 0.5) is 0 Å². The largest absolute Gasteiger partial charge is 0.481 e. The lowest BCUT2D eigenvalue weighted by Gasteiger charge is -2.20. The Morgan fingerprint density at radius 1 is 1.16 bits per heavy atom. The highest BCUT2D eigenvalue weighted by Gasteiger charge is 2.46. The van der Waals surface area contributed by atoms with Crippen molar-refractivity contribution in [2.75, 3.05) is 6.61 Å². The van der Waals surface area contributed by atoms with Gasteiger partial charge in [-0.2, -0.15) is 9.79 Å². The quantitative estimate of drug-likeness (QED) is 0.621. The molecule has 0 aromatic heterocycles. The van der Waals surface area contributed by atoms with Crippen LogP contribution in [0.1, 0.15) is 32.8 Å². The van der Waals surface area contributed by atoms with E-state index < -0.39 is 13.8 Å². The number of hydrogen-bond acceptors (Lipinski definition) is 5. The van der Waals surface area contributed by atoms with E-state index >= 15 is 0 Å². The van der Waals surface area contributed by atoms with Gasteiger partial charge >= 0.3 is 7.94 Å². The van der Waals surface area contributed by atoms with Gasteiger partial charge in [-0.1, -0.05) is 32.9 Å². The zero-order chi connectivity index (χ0) is 14.7. The van der Waals surface area contributed by atoms with Gasteiger partial charge in [-0.3, -0.25) is 4.52 Å². The van der Waals surface area contributed by atoms with E-state index in [-0.39, 0.29) is 24.2 Å². The Bertz CT molecular complexity index is 396. The molecule has 0 saturated carbocycles. The Morgan fingerprint density at radius 2 is 1.68 bits per heavy atom. The molecule has 1 rings (SSSR count). The molecule has 0 amide bonds. The topological polar surface area (TPSA) is 90.2 Å². The summed E-state index contributed by atoms with van der Waals surface area (Å²) in [5, 5.41) is 18.2. The Hall–Kier alpha value is -0.710. The molecule has 0 aliphatic heterocycles. The maximum absolute atomic E-state index is 9.68. The molecular formula is C13H22O5P+. The number of rotatable bonds is 5. The van der Waals surface area contributed by atoms with Gasteiger partial charge in [-0.15, -0.1) is 0 Å². The normalized spacial score (nSPS) is 14.3. The summed E-state index contributed by atoms with van der Waals surface area (Å²) in [6.07, 6.45) is -0.138. The summed E-state index contributed by atoms with van der Waals surface area (Å²) in [7, 11) is -3.93. The van der Waals surface area contributed by atoms with Gasteiger partial charge in [0.25, 0.3) is 5.85 Å². The predicted octanol–water partition coefficient (Wildman–Crippen LogP) is 1.81. The molecule has 1 unspecified atom stereocenters. The Morgan fingerprint density at radius 3 is 2.11 bits per heavy atom. The zero-order valence-electron chi connectivity index (χ0n) is 11.4. The molecule has 5 nitrogen and oxygen atoms in total. The zero-order valence-corrected chi connectivity index (χ0v) is 12.3. The average Bonchev–Trinajstić information content (AvgIpc) is 2.28. The van der Waals surface area contributed by atoms with Crippen LogP contribution in [0.5, 0.6) is 5.75 Å². The van der Waals surface area contributed by atoms with Gasteiger partial charge in [0, 0.05) is 13.0 Å². The molecule has 1 atom stereocenters. The summed E-state index contributed by atoms with van der Waals surface area (Å²) in [6, 6.07) is 6.95. The van der Waals surface area contributed by atoms with Crippen molar-refractivity contribution in [2.24, 2.45) is 0 Å². The predicted molar refractivity (Wildman–Crippen MR) is 74.8 cm³/mol. The maximum Gasteiger partial charge on any atom is 0.481 e. The molecule has 1 aromatic rings. The highest BCUT2D eigenvalue weighted by Crippen LogP contribution is 2.55. The third-order valence-corrected chi connectivity index (χ3v) is 4.25. The van der Waals surface area contributed by atoms with Crippen molar-refractivity contribution in [3.8, 4) is 5.75 Å². The molecule has 0 radical (unpaired) electrons. The van der Waals surface area contributed by atoms with Crippen molar-refractivity contribution in [1.29, 1.82) is 0 Å². The summed E-state index contributed by atoms with van der Waals surface area (Å²) in [5.74, 6) is -1.19. The van der Waals surface area contributed by atoms with Crippen LogP contribution in [-0.4, -0.2) is 32.5 Å². The van der Waals surface area contributed by atoms with E-state index in [2.05, 4.69) is 20.8 Å². The SMILES string of the molecule is CC(C)(C)c1ccc(O[P+](O)(O)C(O)CCO)cc1. The van der Waals surface area contributed by atoms with Crippen LogP contribution in [0.2, 0.25) is 0 Å². The summed E-state index contributed by atoms with van der Waals surface area (Å²) < 4.78 is 5.04. The first kappa shape index (κ1) is 16.3. The molecule has 108 valence electrons. The van der Waals surface area contributed by atoms with E-state index in [9.17, 15) is 14.9 Å². The van der Waals surface area contributed by atoms with Crippen LogP contribution in [0.15, 0.2) is 24.3 Å². The van der Waals surface area contributed by atoms with Crippen LogP contribution in [0, 0.1) is 0 Å². The van der Waals surface area contributed by atoms with Crippen LogP contribution >= 0.6 is 7.94 Å². The number of aliphatic hydroxyl groups excluding tert-OH is 2. The molecule has 0 aliphatic carbocycles. The third kappa shape index (κ3) is 4.71. The summed E-state index contributed by atoms with van der Waals surface area (Å²) >= 11 is 0. The fourth-order valence-corrected chi connectivity index (χ4v) is 2.52. The van der Waals surface area contributed by atoms with Crippen LogP contribution in [0.25, 0.3) is 0 Å². The first-order valence-corrected chi connectivity index (χ1v) is 7.78. The van der Waals surface area contributed by atoms with E-state index in [0.29, 0.717) is 0 Å². The van der Waals surface area contributed by atoms with Gasteiger partial charge in [0.2, 0.25) is 0 Å². The lowest BCUT2D eigenvalue weighted by Crippen LogP contribution is -2.18. The molecule has 6 heteroatoms. The monoisotopic (exact) mass is 289 g/mol. The van der Waals surface area contributed by atoms with E-state index in [1.807, 2.05) is 12.1 Å². The van der Waals surface area contributed by atoms with Gasteiger partial charge in [-0.05, 0) is 23.1 Å². The van der Waals surface area contributed by atoms with Crippen molar-refractivity contribution in [3.63, 3.8) is 0 Å². The second kappa shape index (κ2) is 6.16. The molecule has 4 N–H and O–H groups in total. The second-order valence-electron chi connectivity index (χ2n) is 5.45. The van der Waals surface area contributed by atoms with E-state index in [0.717, 1.165) is 5.56 Å². The molecule has 0 heterocycles. The Kier molecular flexibility index (Phi) is 5.30. The van der Waals surface area contributed by atoms with Crippen molar-refractivity contribution >= 4 is 7.94 Å². The second-order valence-corrected chi connectivity index (χ2v) is 7.40. The van der Waals surface area contributed by atoms with Crippen molar-refractivity contribution in [1.82, 2.24) is 0 Å². The minimum atomic E-state index is -3.93. The Balaban J connectivity index is 2.77. The van der Waals surface area contributed by atoms with E-state index in [4.69, 9.17) is 9.63 Å². The van der Waals surface area contributed by atoms with Crippen molar-refractivity contribution in [2.45, 2.75) is 38.5 Å². The first-order valence-electron chi connectivity index (χ1n) is 6.10. The molecule has 0 bridgehead atoms.